The smallest absolute Gasteiger partial charge is 0.213 e. The van der Waals surface area contributed by atoms with Crippen LogP contribution in [0.4, 0.5) is 0 Å². The molecular weight excluding hydrogens is 1480 g/mol. The number of nitrogens with two attached hydrogens (primary N) is 7. The topological polar surface area (TPSA) is 294 Å². The van der Waals surface area contributed by atoms with E-state index in [4.69, 9.17) is 56.5 Å². The Morgan fingerprint density at radius 3 is 1.37 bits per heavy atom. The lowest BCUT2D eigenvalue weighted by Gasteiger charge is -2.48. The van der Waals surface area contributed by atoms with Crippen molar-refractivity contribution >= 4 is 22.9 Å². The average molecular weight is 1640 g/mol. The fraction of sp³-hybridized carbons (Fsp3) is 0.677. The van der Waals surface area contributed by atoms with E-state index in [0.717, 1.165) is 67.0 Å². The maximum Gasteiger partial charge on any atom is 0.213 e. The van der Waals surface area contributed by atoms with Gasteiger partial charge in [0, 0.05) is 111 Å². The average Bonchev–Trinajstić information content (AvgIpc) is 1.58. The molecule has 0 aliphatic heterocycles. The second-order valence-corrected chi connectivity index (χ2v) is 42.3. The van der Waals surface area contributed by atoms with E-state index < -0.39 is 0 Å². The van der Waals surface area contributed by atoms with Crippen LogP contribution < -0.4 is 44.9 Å². The second kappa shape index (κ2) is 38.4. The summed E-state index contributed by atoms with van der Waals surface area (Å²) in [6.45, 7) is 68.1. The lowest BCUT2D eigenvalue weighted by molar-refractivity contribution is 0.0139. The number of methoxy groups -OCH3 is 1. The number of nitrogens with zero attached hydrogens (tertiary/aromatic N) is 8. The van der Waals surface area contributed by atoms with Crippen LogP contribution in [0.25, 0.3) is 0 Å². The maximum absolute atomic E-state index is 6.62. The summed E-state index contributed by atoms with van der Waals surface area (Å²) < 4.78 is 5.24. The Balaban J connectivity index is 0.000000188. The molecule has 14 N–H and O–H groups in total. The monoisotopic (exact) mass is 1640 g/mol. The van der Waals surface area contributed by atoms with E-state index in [2.05, 4.69) is 278 Å². The minimum atomic E-state index is -0.0103. The molecule has 16 nitrogen and oxygen atoms in total. The highest BCUT2D eigenvalue weighted by molar-refractivity contribution is 7.11. The van der Waals surface area contributed by atoms with Crippen molar-refractivity contribution in [1.29, 1.82) is 0 Å². The van der Waals surface area contributed by atoms with Crippen molar-refractivity contribution in [1.82, 2.24) is 40.1 Å². The first-order valence-electron chi connectivity index (χ1n) is 44.1. The number of thiazole rings is 1. The Kier molecular flexibility index (Phi) is 32.3. The summed E-state index contributed by atoms with van der Waals surface area (Å²) in [5.41, 5.74) is 62.5. The molecule has 1 unspecified atom stereocenters. The van der Waals surface area contributed by atoms with Crippen LogP contribution in [-0.4, -0.2) is 59.3 Å². The number of ether oxygens (including phenoxy) is 1. The zero-order valence-electron chi connectivity index (χ0n) is 77.5. The van der Waals surface area contributed by atoms with Gasteiger partial charge in [0.15, 0.2) is 0 Å². The first kappa shape index (κ1) is 98.4. The Labute approximate surface area is 718 Å². The van der Waals surface area contributed by atoms with E-state index in [0.29, 0.717) is 88.0 Å². The van der Waals surface area contributed by atoms with E-state index >= 15 is 0 Å². The molecule has 7 aromatic rings. The lowest BCUT2D eigenvalue weighted by atomic mass is 9.57. The number of benzene rings is 1. The first-order chi connectivity index (χ1) is 54.0. The zero-order chi connectivity index (χ0) is 87.0. The molecule has 117 heavy (non-hydrogen) atoms. The molecule has 7 aliphatic rings. The van der Waals surface area contributed by atoms with Crippen LogP contribution >= 0.6 is 22.9 Å². The van der Waals surface area contributed by atoms with Gasteiger partial charge in [-0.25, -0.2) is 15.0 Å². The SMILES string of the molecule is C.CC(C)C1(C(C)C)Cc2ccccc2[C@H]1N.CC(C)C1(C(C)C)Cc2nc(Cl)ccc2[C@H]1N.CC(C)C1(C(C)C)Cc2ncccc2[C@H]1N.CC(C)C1(C(C)C)c2cnncc2C[C@H]1N.CC(C)C1(C(C)C)c2nccnc2C[C@H]1N.COc1cc2c(cn1)[C@@H](N)C(C(C)C)(C(C)(C)C)C2.Cc1nc2c(s1)CC(C(C)C)(C(C)C)[C@@H]2N. The van der Waals surface area contributed by atoms with Crippen molar-refractivity contribution < 1.29 is 4.74 Å². The largest absolute Gasteiger partial charge is 0.481 e. The van der Waals surface area contributed by atoms with Crippen LogP contribution in [0.3, 0.4) is 0 Å². The van der Waals surface area contributed by atoms with Gasteiger partial charge in [-0.3, -0.25) is 15.0 Å². The molecule has 8 atom stereocenters. The highest BCUT2D eigenvalue weighted by Gasteiger charge is 2.57. The Bertz CT molecular complexity index is 4180. The summed E-state index contributed by atoms with van der Waals surface area (Å²) in [7, 11) is 1.66. The van der Waals surface area contributed by atoms with E-state index in [1.807, 2.05) is 60.4 Å². The van der Waals surface area contributed by atoms with Gasteiger partial charge in [-0.2, -0.15) is 10.2 Å². The molecular formula is C99H160ClN15OS. The number of aromatic nitrogens is 8. The quantitative estimate of drug-likeness (QED) is 0.0498. The van der Waals surface area contributed by atoms with Crippen molar-refractivity contribution in [2.24, 2.45) is 150 Å². The summed E-state index contributed by atoms with van der Waals surface area (Å²) in [6.07, 6.45) is 18.1. The van der Waals surface area contributed by atoms with Crippen LogP contribution in [0, 0.1) is 116 Å². The summed E-state index contributed by atoms with van der Waals surface area (Å²) in [4.78, 5) is 28.3. The number of hydrogen-bond acceptors (Lipinski definition) is 17. The third-order valence-corrected chi connectivity index (χ3v) is 32.5. The molecule has 0 amide bonds. The molecule has 0 spiro atoms. The van der Waals surface area contributed by atoms with Gasteiger partial charge >= 0.3 is 0 Å². The van der Waals surface area contributed by atoms with E-state index in [9.17, 15) is 0 Å². The van der Waals surface area contributed by atoms with Crippen LogP contribution in [0.15, 0.2) is 91.8 Å². The lowest BCUT2D eigenvalue weighted by Crippen LogP contribution is -2.50. The van der Waals surface area contributed by atoms with Gasteiger partial charge < -0.3 is 44.9 Å². The Hall–Kier alpha value is -5.73. The molecule has 650 valence electrons. The van der Waals surface area contributed by atoms with Crippen LogP contribution in [0.5, 0.6) is 5.88 Å². The van der Waals surface area contributed by atoms with Gasteiger partial charge in [0.1, 0.15) is 5.15 Å². The van der Waals surface area contributed by atoms with Gasteiger partial charge in [-0.05, 0) is 201 Å². The third-order valence-electron chi connectivity index (χ3n) is 31.3. The second-order valence-electron chi connectivity index (χ2n) is 40.7. The van der Waals surface area contributed by atoms with Crippen LogP contribution in [0.1, 0.15) is 321 Å². The van der Waals surface area contributed by atoms with Gasteiger partial charge in [-0.1, -0.05) is 256 Å². The van der Waals surface area contributed by atoms with Crippen molar-refractivity contribution in [2.45, 2.75) is 313 Å². The normalized spacial score (nSPS) is 23.2. The Morgan fingerprint density at radius 1 is 0.419 bits per heavy atom. The molecule has 0 saturated heterocycles. The van der Waals surface area contributed by atoms with Crippen LogP contribution in [-0.2, 0) is 55.8 Å². The van der Waals surface area contributed by atoms with Crippen molar-refractivity contribution in [3.8, 4) is 5.88 Å². The molecule has 18 heteroatoms. The summed E-state index contributed by atoms with van der Waals surface area (Å²) in [5.74, 6) is 7.88. The molecule has 0 radical (unpaired) electrons. The van der Waals surface area contributed by atoms with Crippen molar-refractivity contribution in [2.75, 3.05) is 7.11 Å². The molecule has 0 bridgehead atoms. The molecule has 0 fully saturated rings. The summed E-state index contributed by atoms with van der Waals surface area (Å²) in [6, 6.07) is 19.6. The summed E-state index contributed by atoms with van der Waals surface area (Å²) in [5, 5.41) is 9.74. The highest BCUT2D eigenvalue weighted by atomic mass is 35.5. The molecule has 6 aromatic heterocycles. The fourth-order valence-electron chi connectivity index (χ4n) is 24.6. The number of aryl methyl sites for hydroxylation is 1. The van der Waals surface area contributed by atoms with Crippen LogP contribution in [0.2, 0.25) is 5.15 Å². The summed E-state index contributed by atoms with van der Waals surface area (Å²) >= 11 is 7.80. The fourth-order valence-corrected chi connectivity index (χ4v) is 25.9. The van der Waals surface area contributed by atoms with Gasteiger partial charge in [0.05, 0.1) is 47.6 Å². The maximum atomic E-state index is 6.62. The van der Waals surface area contributed by atoms with Gasteiger partial charge in [0.25, 0.3) is 0 Å². The van der Waals surface area contributed by atoms with E-state index in [1.54, 1.807) is 19.5 Å². The minimum absolute atomic E-state index is 0. The number of rotatable bonds is 14. The first-order valence-corrected chi connectivity index (χ1v) is 45.3. The highest BCUT2D eigenvalue weighted by Crippen LogP contribution is 2.61. The van der Waals surface area contributed by atoms with E-state index in [-0.39, 0.29) is 93.0 Å². The molecule has 1 aromatic carbocycles. The third kappa shape index (κ3) is 17.4. The number of fused-ring (bicyclic) bond motifs is 7. The van der Waals surface area contributed by atoms with E-state index in [1.165, 1.54) is 60.8 Å². The predicted octanol–water partition coefficient (Wildman–Crippen LogP) is 21.2. The molecule has 0 saturated carbocycles. The van der Waals surface area contributed by atoms with Gasteiger partial charge in [0.2, 0.25) is 5.88 Å². The minimum Gasteiger partial charge on any atom is -0.481 e. The number of halogens is 1. The van der Waals surface area contributed by atoms with Gasteiger partial charge in [-0.15, -0.1) is 11.3 Å². The number of pyridine rings is 3. The van der Waals surface area contributed by atoms with Crippen molar-refractivity contribution in [3.05, 3.63) is 180 Å². The molecule has 6 heterocycles. The standard InChI is InChI=1S/C16H26N2O.C15H23N.C14H21ClN2.C14H22N2.2C13H21N3.C13H22N2S.CH4/c1-10(2)16(15(3,4)5)8-11-7-13(19-6)18-9-12(11)14(16)17;1-10(2)15(11(3)4)9-12-7-5-6-8-13(12)14(15)16;1-8(2)14(9(3)4)7-11-10(13(14)16)5-6-12(15)17-11;1-9(2)14(10(3)4)8-12-11(13(14)15)6-5-7-16-12;1-8(2)13(9(3)4)11-7-16-15-6-10(11)5-12(13)14;1-8(2)13(9(3)4)11(14)7-10-12(13)16-6-5-15-10;1-7(2)13(8(3)4)6-10-11(12(13)14)15-9(5)16-10;/h7,9-10,14H,8,17H2,1-6H3;5-8,10-11,14H,9,16H2,1-4H3;5-6,8-9,13H,7,16H2,1-4H3;5-7,9-10,13H,8,15H2,1-4H3;6-9,12H,5,14H2,1-4H3;5-6,8-9,11H,7,14H2,1-4H3;7-8,12H,6,14H2,1-5H3;1H4/t14-,16?;14-;2*13-;12-;11-;12-;/m1111111./s1. The molecule has 14 rings (SSSR count). The predicted molar refractivity (Wildman–Crippen MR) is 493 cm³/mol. The zero-order valence-corrected chi connectivity index (χ0v) is 79.0. The molecule has 7 aliphatic carbocycles. The van der Waals surface area contributed by atoms with Crippen molar-refractivity contribution in [3.63, 3.8) is 0 Å². The Morgan fingerprint density at radius 2 is 0.880 bits per heavy atom. The number of hydrogen-bond donors (Lipinski definition) is 7.